The van der Waals surface area contributed by atoms with Gasteiger partial charge in [0.25, 0.3) is 0 Å². The van der Waals surface area contributed by atoms with Gasteiger partial charge in [-0.15, -0.1) is 10.2 Å². The van der Waals surface area contributed by atoms with E-state index in [0.29, 0.717) is 5.92 Å². The molecule has 0 unspecified atom stereocenters. The lowest BCUT2D eigenvalue weighted by molar-refractivity contribution is 0.439. The van der Waals surface area contributed by atoms with Crippen LogP contribution in [0.4, 0.5) is 0 Å². The second kappa shape index (κ2) is 3.58. The van der Waals surface area contributed by atoms with Gasteiger partial charge < -0.3 is 5.32 Å². The first-order chi connectivity index (χ1) is 7.45. The van der Waals surface area contributed by atoms with Crippen molar-refractivity contribution in [1.29, 1.82) is 0 Å². The monoisotopic (exact) mass is 203 g/mol. The quantitative estimate of drug-likeness (QED) is 0.737. The third kappa shape index (κ3) is 1.48. The predicted octanol–water partition coefficient (Wildman–Crippen LogP) is 0.591. The van der Waals surface area contributed by atoms with Crippen LogP contribution in [-0.2, 0) is 0 Å². The molecule has 0 atom stereocenters. The van der Waals surface area contributed by atoms with Gasteiger partial charge in [-0.05, 0) is 38.1 Å². The van der Waals surface area contributed by atoms with E-state index >= 15 is 0 Å². The van der Waals surface area contributed by atoms with Gasteiger partial charge in [0.2, 0.25) is 0 Å². The molecule has 1 aliphatic heterocycles. The van der Waals surface area contributed by atoms with Crippen LogP contribution in [0.3, 0.4) is 0 Å². The lowest BCUT2D eigenvalue weighted by Gasteiger charge is -2.20. The summed E-state index contributed by atoms with van der Waals surface area (Å²) in [6.45, 7) is 2.12. The summed E-state index contributed by atoms with van der Waals surface area (Å²) in [4.78, 5) is 0. The van der Waals surface area contributed by atoms with Crippen LogP contribution in [0.5, 0.6) is 0 Å². The minimum atomic E-state index is 0.496. The van der Waals surface area contributed by atoms with Crippen molar-refractivity contribution in [2.75, 3.05) is 13.1 Å². The molecule has 0 bridgehead atoms. The third-order valence-electron chi connectivity index (χ3n) is 2.91. The Kier molecular flexibility index (Phi) is 2.10. The van der Waals surface area contributed by atoms with Crippen LogP contribution in [0.15, 0.2) is 18.3 Å². The summed E-state index contributed by atoms with van der Waals surface area (Å²) in [5.74, 6) is 1.50. The molecule has 78 valence electrons. The Morgan fingerprint density at radius 3 is 3.00 bits per heavy atom. The predicted molar refractivity (Wildman–Crippen MR) is 55.6 cm³/mol. The molecule has 1 aliphatic rings. The van der Waals surface area contributed by atoms with E-state index in [-0.39, 0.29) is 0 Å². The third-order valence-corrected chi connectivity index (χ3v) is 2.91. The van der Waals surface area contributed by atoms with Crippen LogP contribution in [0.25, 0.3) is 5.65 Å². The molecule has 5 nitrogen and oxygen atoms in total. The zero-order valence-electron chi connectivity index (χ0n) is 8.43. The average Bonchev–Trinajstić information content (AvgIpc) is 2.74. The first-order valence-electron chi connectivity index (χ1n) is 5.32. The fourth-order valence-electron chi connectivity index (χ4n) is 2.10. The molecule has 1 fully saturated rings. The molecule has 2 aromatic heterocycles. The maximum Gasteiger partial charge on any atom is 0.177 e. The highest BCUT2D eigenvalue weighted by molar-refractivity contribution is 5.35. The highest BCUT2D eigenvalue weighted by atomic mass is 15.4. The van der Waals surface area contributed by atoms with Crippen LogP contribution in [-0.4, -0.2) is 32.9 Å². The molecule has 3 heterocycles. The Morgan fingerprint density at radius 2 is 2.13 bits per heavy atom. The van der Waals surface area contributed by atoms with Crippen molar-refractivity contribution in [1.82, 2.24) is 25.1 Å². The van der Waals surface area contributed by atoms with E-state index in [4.69, 9.17) is 0 Å². The second-order valence-electron chi connectivity index (χ2n) is 3.88. The number of rotatable bonds is 1. The van der Waals surface area contributed by atoms with E-state index < -0.39 is 0 Å². The Morgan fingerprint density at radius 1 is 1.27 bits per heavy atom. The zero-order valence-corrected chi connectivity index (χ0v) is 8.43. The number of fused-ring (bicyclic) bond motifs is 1. The van der Waals surface area contributed by atoms with Crippen LogP contribution in [0, 0.1) is 0 Å². The molecule has 2 aromatic rings. The van der Waals surface area contributed by atoms with Gasteiger partial charge in [0.1, 0.15) is 0 Å². The lowest BCUT2D eigenvalue weighted by atomic mass is 9.97. The van der Waals surface area contributed by atoms with E-state index in [1.807, 2.05) is 16.6 Å². The first-order valence-corrected chi connectivity index (χ1v) is 5.32. The van der Waals surface area contributed by atoms with Gasteiger partial charge in [-0.1, -0.05) is 0 Å². The largest absolute Gasteiger partial charge is 0.317 e. The van der Waals surface area contributed by atoms with Crippen LogP contribution in [0.2, 0.25) is 0 Å². The van der Waals surface area contributed by atoms with Crippen molar-refractivity contribution < 1.29 is 0 Å². The van der Waals surface area contributed by atoms with Crippen molar-refractivity contribution in [3.8, 4) is 0 Å². The van der Waals surface area contributed by atoms with E-state index in [9.17, 15) is 0 Å². The molecule has 5 heteroatoms. The first kappa shape index (κ1) is 8.79. The topological polar surface area (TPSA) is 55.1 Å². The summed E-state index contributed by atoms with van der Waals surface area (Å²) in [6.07, 6.45) is 4.02. The summed E-state index contributed by atoms with van der Waals surface area (Å²) in [7, 11) is 0. The Balaban J connectivity index is 2.02. The smallest absolute Gasteiger partial charge is 0.177 e. The van der Waals surface area contributed by atoms with Gasteiger partial charge in [0.05, 0.1) is 0 Å². The molecule has 0 aliphatic carbocycles. The molecule has 0 saturated carbocycles. The maximum atomic E-state index is 4.29. The van der Waals surface area contributed by atoms with Crippen LogP contribution < -0.4 is 5.32 Å². The molecule has 3 rings (SSSR count). The van der Waals surface area contributed by atoms with Crippen molar-refractivity contribution in [3.05, 3.63) is 24.2 Å². The second-order valence-corrected chi connectivity index (χ2v) is 3.88. The summed E-state index contributed by atoms with van der Waals surface area (Å²) in [6, 6.07) is 3.82. The van der Waals surface area contributed by atoms with Crippen LogP contribution in [0.1, 0.15) is 24.6 Å². The Hall–Kier alpha value is -1.49. The number of aromatic nitrogens is 4. The minimum Gasteiger partial charge on any atom is -0.317 e. The Bertz CT molecular complexity index is 458. The fourth-order valence-corrected chi connectivity index (χ4v) is 2.10. The standard InChI is InChI=1S/C10H13N5/c1-2-9-13-14-10(15(9)12-5-1)8-3-6-11-7-4-8/h1-2,5,8,11H,3-4,6-7H2. The molecular formula is C10H13N5. The number of piperidine rings is 1. The van der Waals surface area contributed by atoms with Crippen molar-refractivity contribution >= 4 is 5.65 Å². The molecular weight excluding hydrogens is 190 g/mol. The summed E-state index contributed by atoms with van der Waals surface area (Å²) < 4.78 is 1.86. The number of hydrogen-bond acceptors (Lipinski definition) is 4. The van der Waals surface area contributed by atoms with E-state index in [1.165, 1.54) is 0 Å². The van der Waals surface area contributed by atoms with E-state index in [1.54, 1.807) is 6.20 Å². The Labute approximate surface area is 87.5 Å². The number of hydrogen-bond donors (Lipinski definition) is 1. The van der Waals surface area contributed by atoms with Gasteiger partial charge in [0, 0.05) is 12.1 Å². The molecule has 1 saturated heterocycles. The lowest BCUT2D eigenvalue weighted by Crippen LogP contribution is -2.27. The average molecular weight is 203 g/mol. The van der Waals surface area contributed by atoms with Gasteiger partial charge in [-0.3, -0.25) is 0 Å². The normalized spacial score (nSPS) is 18.4. The van der Waals surface area contributed by atoms with Gasteiger partial charge in [-0.2, -0.15) is 9.61 Å². The summed E-state index contributed by atoms with van der Waals surface area (Å²) >= 11 is 0. The SMILES string of the molecule is c1cnn2c(C3CCNCC3)nnc2c1. The van der Waals surface area contributed by atoms with Gasteiger partial charge >= 0.3 is 0 Å². The molecule has 0 radical (unpaired) electrons. The highest BCUT2D eigenvalue weighted by Gasteiger charge is 2.20. The maximum absolute atomic E-state index is 4.29. The molecule has 1 N–H and O–H groups in total. The van der Waals surface area contributed by atoms with Crippen molar-refractivity contribution in [2.24, 2.45) is 0 Å². The summed E-state index contributed by atoms with van der Waals surface area (Å²) in [5.41, 5.74) is 0.839. The zero-order chi connectivity index (χ0) is 10.1. The van der Waals surface area contributed by atoms with E-state index in [0.717, 1.165) is 37.4 Å². The van der Waals surface area contributed by atoms with Gasteiger partial charge in [0.15, 0.2) is 11.5 Å². The minimum absolute atomic E-state index is 0.496. The molecule has 0 spiro atoms. The number of nitrogens with zero attached hydrogens (tertiary/aromatic N) is 4. The van der Waals surface area contributed by atoms with Gasteiger partial charge in [-0.25, -0.2) is 0 Å². The molecule has 0 amide bonds. The highest BCUT2D eigenvalue weighted by Crippen LogP contribution is 2.22. The van der Waals surface area contributed by atoms with Crippen molar-refractivity contribution in [3.63, 3.8) is 0 Å². The van der Waals surface area contributed by atoms with Crippen molar-refractivity contribution in [2.45, 2.75) is 18.8 Å². The number of nitrogens with one attached hydrogen (secondary N) is 1. The molecule has 0 aromatic carbocycles. The fraction of sp³-hybridized carbons (Fsp3) is 0.500. The summed E-state index contributed by atoms with van der Waals surface area (Å²) in [5, 5.41) is 16.0. The van der Waals surface area contributed by atoms with E-state index in [2.05, 4.69) is 20.6 Å². The van der Waals surface area contributed by atoms with Crippen LogP contribution >= 0.6 is 0 Å². The molecule has 15 heavy (non-hydrogen) atoms.